The molecule has 1 atom stereocenters. The third-order valence-corrected chi connectivity index (χ3v) is 2.95. The molecule has 0 fully saturated rings. The molecule has 106 valence electrons. The summed E-state index contributed by atoms with van der Waals surface area (Å²) in [6.45, 7) is 1.44. The molecule has 0 radical (unpaired) electrons. The number of hydrogen-bond donors (Lipinski definition) is 3. The van der Waals surface area contributed by atoms with E-state index in [1.807, 2.05) is 11.0 Å². The van der Waals surface area contributed by atoms with E-state index in [1.54, 1.807) is 0 Å². The van der Waals surface area contributed by atoms with Crippen LogP contribution in [0.2, 0.25) is 0 Å². The zero-order valence-corrected chi connectivity index (χ0v) is 10.8. The van der Waals surface area contributed by atoms with E-state index in [4.69, 9.17) is 16.0 Å². The zero-order valence-electron chi connectivity index (χ0n) is 10.0. The molecule has 10 heteroatoms. The van der Waals surface area contributed by atoms with Gasteiger partial charge in [0.1, 0.15) is 12.0 Å². The minimum atomic E-state index is -4.70. The lowest BCUT2D eigenvalue weighted by atomic mass is 10.2. The van der Waals surface area contributed by atoms with Crippen LogP contribution in [0.5, 0.6) is 0 Å². The van der Waals surface area contributed by atoms with Crippen molar-refractivity contribution in [1.29, 1.82) is 0 Å². The number of rotatable bonds is 3. The quantitative estimate of drug-likeness (QED) is 0.433. The van der Waals surface area contributed by atoms with Crippen molar-refractivity contribution in [2.45, 2.75) is 12.6 Å². The molecule has 0 bridgehead atoms. The van der Waals surface area contributed by atoms with Crippen molar-refractivity contribution in [1.82, 2.24) is 9.96 Å². The Morgan fingerprint density at radius 2 is 2.21 bits per heavy atom. The van der Waals surface area contributed by atoms with Gasteiger partial charge in [0.15, 0.2) is 0 Å². The molecule has 2 rings (SSSR count). The second-order valence-corrected chi connectivity index (χ2v) is 5.02. The van der Waals surface area contributed by atoms with E-state index in [9.17, 15) is 8.42 Å². The maximum atomic E-state index is 10.7. The van der Waals surface area contributed by atoms with Crippen LogP contribution in [0.1, 0.15) is 6.42 Å². The summed E-state index contributed by atoms with van der Waals surface area (Å²) in [5.74, 6) is 0.307. The number of hydroxylamine groups is 2. The highest BCUT2D eigenvalue weighted by molar-refractivity contribution is 7.80. The average molecular weight is 289 g/mol. The summed E-state index contributed by atoms with van der Waals surface area (Å²) in [7, 11) is -4.70. The SMILES string of the molecule is NC1=NC(N2CC=CCC2)=CC(N)N1OS(=O)(=O)O. The Kier molecular flexibility index (Phi) is 3.75. The van der Waals surface area contributed by atoms with Gasteiger partial charge >= 0.3 is 10.4 Å². The second-order valence-electron chi connectivity index (χ2n) is 4.02. The number of nitrogens with zero attached hydrogens (tertiary/aromatic N) is 3. The van der Waals surface area contributed by atoms with Crippen molar-refractivity contribution < 1.29 is 17.3 Å². The van der Waals surface area contributed by atoms with Crippen molar-refractivity contribution in [2.24, 2.45) is 16.5 Å². The molecule has 2 aliphatic rings. The van der Waals surface area contributed by atoms with Crippen LogP contribution in [0.3, 0.4) is 0 Å². The van der Waals surface area contributed by atoms with Crippen molar-refractivity contribution in [3.63, 3.8) is 0 Å². The summed E-state index contributed by atoms with van der Waals surface area (Å²) in [5.41, 5.74) is 11.3. The molecular weight excluding hydrogens is 274 g/mol. The molecule has 19 heavy (non-hydrogen) atoms. The van der Waals surface area contributed by atoms with Gasteiger partial charge in [-0.2, -0.15) is 18.5 Å². The normalized spacial score (nSPS) is 24.2. The summed E-state index contributed by atoms with van der Waals surface area (Å²) in [5, 5.41) is 0.624. The molecule has 0 saturated heterocycles. The minimum absolute atomic E-state index is 0.239. The Labute approximate surface area is 110 Å². The molecule has 0 spiro atoms. The largest absolute Gasteiger partial charge is 0.418 e. The van der Waals surface area contributed by atoms with Crippen LogP contribution in [0.25, 0.3) is 0 Å². The first-order valence-electron chi connectivity index (χ1n) is 5.54. The Bertz CT molecular complexity index is 541. The first-order chi connectivity index (χ1) is 8.87. The van der Waals surface area contributed by atoms with Gasteiger partial charge in [-0.3, -0.25) is 4.55 Å². The molecule has 9 nitrogen and oxygen atoms in total. The molecule has 5 N–H and O–H groups in total. The average Bonchev–Trinajstić information content (AvgIpc) is 2.33. The fourth-order valence-corrected chi connectivity index (χ4v) is 2.17. The van der Waals surface area contributed by atoms with E-state index in [0.717, 1.165) is 13.0 Å². The van der Waals surface area contributed by atoms with Crippen molar-refractivity contribution in [3.05, 3.63) is 24.0 Å². The summed E-state index contributed by atoms with van der Waals surface area (Å²) in [6, 6.07) is 0. The van der Waals surface area contributed by atoms with Gasteiger partial charge in [-0.1, -0.05) is 12.2 Å². The van der Waals surface area contributed by atoms with Crippen LogP contribution in [0.4, 0.5) is 0 Å². The number of aliphatic imine (C=N–C) groups is 1. The third-order valence-electron chi connectivity index (χ3n) is 2.60. The fourth-order valence-electron chi connectivity index (χ4n) is 1.79. The van der Waals surface area contributed by atoms with Gasteiger partial charge in [0.2, 0.25) is 5.96 Å². The Hall–Kier alpha value is -1.62. The number of nitrogens with two attached hydrogens (primary N) is 2. The highest BCUT2D eigenvalue weighted by atomic mass is 32.3. The molecule has 0 aromatic rings. The third kappa shape index (κ3) is 3.44. The molecule has 0 amide bonds. The van der Waals surface area contributed by atoms with Crippen molar-refractivity contribution in [2.75, 3.05) is 13.1 Å². The van der Waals surface area contributed by atoms with E-state index < -0.39 is 16.6 Å². The molecule has 2 heterocycles. The molecule has 0 aliphatic carbocycles. The van der Waals surface area contributed by atoms with Crippen LogP contribution in [-0.4, -0.2) is 48.1 Å². The number of guanidine groups is 1. The predicted octanol–water partition coefficient (Wildman–Crippen LogP) is -1.26. The maximum absolute atomic E-state index is 10.7. The predicted molar refractivity (Wildman–Crippen MR) is 67.5 cm³/mol. The van der Waals surface area contributed by atoms with Gasteiger partial charge in [0.25, 0.3) is 0 Å². The molecular formula is C9H15N5O4S. The lowest BCUT2D eigenvalue weighted by molar-refractivity contribution is -0.0132. The lowest BCUT2D eigenvalue weighted by Gasteiger charge is -2.32. The van der Waals surface area contributed by atoms with E-state index >= 15 is 0 Å². The Morgan fingerprint density at radius 3 is 2.74 bits per heavy atom. The molecule has 0 aromatic carbocycles. The highest BCUT2D eigenvalue weighted by Gasteiger charge is 2.28. The topological polar surface area (TPSA) is 134 Å². The van der Waals surface area contributed by atoms with Crippen LogP contribution in [-0.2, 0) is 14.7 Å². The zero-order chi connectivity index (χ0) is 14.0. The smallest absolute Gasteiger partial charge is 0.368 e. The molecule has 2 aliphatic heterocycles. The molecule has 0 saturated carbocycles. The Morgan fingerprint density at radius 1 is 1.47 bits per heavy atom. The van der Waals surface area contributed by atoms with E-state index in [1.165, 1.54) is 6.08 Å². The minimum Gasteiger partial charge on any atom is -0.368 e. The van der Waals surface area contributed by atoms with Crippen LogP contribution < -0.4 is 11.5 Å². The van der Waals surface area contributed by atoms with Crippen LogP contribution in [0.15, 0.2) is 29.0 Å². The standard InChI is InChI=1S/C9H15N5O4S/c10-7-6-8(13-4-2-1-3-5-13)12-9(11)14(7)18-19(15,16)17/h1-2,6-7H,3-5,10H2,(H2,11,12)(H,15,16,17). The fraction of sp³-hybridized carbons (Fsp3) is 0.444. The summed E-state index contributed by atoms with van der Waals surface area (Å²) >= 11 is 0. The second kappa shape index (κ2) is 5.17. The van der Waals surface area contributed by atoms with Gasteiger partial charge in [-0.15, -0.1) is 4.28 Å². The summed E-state index contributed by atoms with van der Waals surface area (Å²) in [4.78, 5) is 5.96. The Balaban J connectivity index is 2.15. The van der Waals surface area contributed by atoms with Crippen molar-refractivity contribution in [3.8, 4) is 0 Å². The summed E-state index contributed by atoms with van der Waals surface area (Å²) in [6.07, 6.45) is 5.47. The van der Waals surface area contributed by atoms with E-state index in [-0.39, 0.29) is 5.96 Å². The van der Waals surface area contributed by atoms with E-state index in [0.29, 0.717) is 17.4 Å². The summed E-state index contributed by atoms with van der Waals surface area (Å²) < 4.78 is 34.2. The number of hydrogen-bond acceptors (Lipinski definition) is 8. The maximum Gasteiger partial charge on any atom is 0.418 e. The van der Waals surface area contributed by atoms with Gasteiger partial charge < -0.3 is 16.4 Å². The van der Waals surface area contributed by atoms with Crippen LogP contribution in [0, 0.1) is 0 Å². The first-order valence-corrected chi connectivity index (χ1v) is 6.91. The van der Waals surface area contributed by atoms with E-state index in [2.05, 4.69) is 15.4 Å². The van der Waals surface area contributed by atoms with Gasteiger partial charge in [0, 0.05) is 13.1 Å². The van der Waals surface area contributed by atoms with Gasteiger partial charge in [0.05, 0.1) is 0 Å². The van der Waals surface area contributed by atoms with Crippen molar-refractivity contribution >= 4 is 16.4 Å². The molecule has 1 unspecified atom stereocenters. The van der Waals surface area contributed by atoms with Gasteiger partial charge in [-0.25, -0.2) is 0 Å². The lowest BCUT2D eigenvalue weighted by Crippen LogP contribution is -2.52. The van der Waals surface area contributed by atoms with Gasteiger partial charge in [-0.05, 0) is 12.5 Å². The highest BCUT2D eigenvalue weighted by Crippen LogP contribution is 2.17. The van der Waals surface area contributed by atoms with Crippen LogP contribution >= 0.6 is 0 Å². The molecule has 0 aromatic heterocycles. The monoisotopic (exact) mass is 289 g/mol. The first kappa shape index (κ1) is 13.8.